The Bertz CT molecular complexity index is 1080. The SMILES string of the molecule is O=c1oc2ccccc2cc1-n1nnc2cc([NH+]([O-])O)ccc21. The van der Waals surface area contributed by atoms with Crippen molar-refractivity contribution >= 4 is 27.7 Å². The molecule has 2 aromatic carbocycles. The standard InChI is InChI=1S/C15H10N4O4/c20-15-13(7-9-3-1-2-4-14(9)23-15)18-12-6-5-10(19(21)22)8-11(12)16-17-18/h1-8,19,21H. The van der Waals surface area contributed by atoms with E-state index in [1.54, 1.807) is 24.3 Å². The van der Waals surface area contributed by atoms with E-state index in [0.29, 0.717) is 16.6 Å². The van der Waals surface area contributed by atoms with Gasteiger partial charge in [-0.15, -0.1) is 5.10 Å². The quantitative estimate of drug-likeness (QED) is 0.421. The smallest absolute Gasteiger partial charge is 0.362 e. The summed E-state index contributed by atoms with van der Waals surface area (Å²) in [7, 11) is 0. The summed E-state index contributed by atoms with van der Waals surface area (Å²) in [6, 6.07) is 13.2. The van der Waals surface area contributed by atoms with Crippen molar-refractivity contribution in [3.63, 3.8) is 0 Å². The number of nitrogens with zero attached hydrogens (tertiary/aromatic N) is 3. The lowest BCUT2D eigenvalue weighted by atomic mass is 10.2. The number of rotatable bonds is 2. The molecule has 8 nitrogen and oxygen atoms in total. The average molecular weight is 310 g/mol. The largest absolute Gasteiger partial charge is 0.595 e. The van der Waals surface area contributed by atoms with Gasteiger partial charge in [0.2, 0.25) is 0 Å². The van der Waals surface area contributed by atoms with Gasteiger partial charge in [0.1, 0.15) is 11.1 Å². The van der Waals surface area contributed by atoms with E-state index in [-0.39, 0.29) is 11.4 Å². The molecule has 0 spiro atoms. The first-order valence-electron chi connectivity index (χ1n) is 6.75. The van der Waals surface area contributed by atoms with E-state index in [1.165, 1.54) is 16.8 Å². The van der Waals surface area contributed by atoms with Gasteiger partial charge >= 0.3 is 5.63 Å². The monoisotopic (exact) mass is 310 g/mol. The maximum Gasteiger partial charge on any atom is 0.362 e. The second kappa shape index (κ2) is 4.99. The maximum atomic E-state index is 12.2. The molecular weight excluding hydrogens is 300 g/mol. The molecule has 0 aliphatic heterocycles. The number of fused-ring (bicyclic) bond motifs is 2. The molecular formula is C15H10N4O4. The highest BCUT2D eigenvalue weighted by Gasteiger charge is 2.14. The zero-order valence-electron chi connectivity index (χ0n) is 11.6. The van der Waals surface area contributed by atoms with Gasteiger partial charge in [-0.1, -0.05) is 23.4 Å². The minimum absolute atomic E-state index is 0.107. The predicted molar refractivity (Wildman–Crippen MR) is 80.7 cm³/mol. The van der Waals surface area contributed by atoms with E-state index in [9.17, 15) is 10.0 Å². The van der Waals surface area contributed by atoms with Crippen LogP contribution in [0.15, 0.2) is 57.7 Å². The van der Waals surface area contributed by atoms with Crippen LogP contribution in [0.4, 0.5) is 5.69 Å². The van der Waals surface area contributed by atoms with Crippen molar-refractivity contribution in [3.05, 3.63) is 64.2 Å². The fourth-order valence-corrected chi connectivity index (χ4v) is 2.43. The molecule has 0 aliphatic carbocycles. The molecule has 0 saturated heterocycles. The van der Waals surface area contributed by atoms with Crippen molar-refractivity contribution in [3.8, 4) is 5.69 Å². The third kappa shape index (κ3) is 2.18. The maximum absolute atomic E-state index is 12.2. The van der Waals surface area contributed by atoms with Gasteiger partial charge in [-0.05, 0) is 18.2 Å². The second-order valence-corrected chi connectivity index (χ2v) is 4.97. The lowest BCUT2D eigenvalue weighted by Crippen LogP contribution is -2.99. The molecule has 2 aromatic heterocycles. The Labute approximate surface area is 128 Å². The van der Waals surface area contributed by atoms with Gasteiger partial charge in [0.25, 0.3) is 0 Å². The Morgan fingerprint density at radius 1 is 1.17 bits per heavy atom. The second-order valence-electron chi connectivity index (χ2n) is 4.97. The summed E-state index contributed by atoms with van der Waals surface area (Å²) in [6.45, 7) is 0. The van der Waals surface area contributed by atoms with Crippen LogP contribution in [0.1, 0.15) is 0 Å². The average Bonchev–Trinajstić information content (AvgIpc) is 2.97. The van der Waals surface area contributed by atoms with Crippen molar-refractivity contribution in [2.75, 3.05) is 0 Å². The number of aromatic nitrogens is 3. The zero-order chi connectivity index (χ0) is 16.0. The number of benzene rings is 2. The van der Waals surface area contributed by atoms with Crippen molar-refractivity contribution in [2.24, 2.45) is 0 Å². The molecule has 1 unspecified atom stereocenters. The molecule has 1 atom stereocenters. The molecule has 0 bridgehead atoms. The zero-order valence-corrected chi connectivity index (χ0v) is 11.6. The predicted octanol–water partition coefficient (Wildman–Crippen LogP) is 0.930. The summed E-state index contributed by atoms with van der Waals surface area (Å²) in [5.74, 6) is 0. The first-order valence-corrected chi connectivity index (χ1v) is 6.75. The Hall–Kier alpha value is -3.07. The van der Waals surface area contributed by atoms with Crippen LogP contribution in [0, 0.1) is 5.21 Å². The molecule has 0 amide bonds. The Kier molecular flexibility index (Phi) is 2.95. The topological polar surface area (TPSA) is 109 Å². The molecule has 0 saturated carbocycles. The molecule has 0 fully saturated rings. The highest BCUT2D eigenvalue weighted by atomic mass is 16.8. The lowest BCUT2D eigenvalue weighted by molar-refractivity contribution is -0.991. The van der Waals surface area contributed by atoms with Crippen molar-refractivity contribution < 1.29 is 14.9 Å². The van der Waals surface area contributed by atoms with E-state index in [2.05, 4.69) is 10.3 Å². The van der Waals surface area contributed by atoms with E-state index >= 15 is 0 Å². The normalized spacial score (nSPS) is 12.8. The van der Waals surface area contributed by atoms with Crippen LogP contribution >= 0.6 is 0 Å². The van der Waals surface area contributed by atoms with Crippen molar-refractivity contribution in [1.82, 2.24) is 15.0 Å². The van der Waals surface area contributed by atoms with E-state index in [1.807, 2.05) is 12.1 Å². The molecule has 114 valence electrons. The van der Waals surface area contributed by atoms with Crippen LogP contribution in [0.2, 0.25) is 0 Å². The van der Waals surface area contributed by atoms with Crippen molar-refractivity contribution in [1.29, 1.82) is 0 Å². The van der Waals surface area contributed by atoms with Crippen LogP contribution in [-0.4, -0.2) is 20.2 Å². The number of nitrogens with one attached hydrogen (secondary N) is 1. The minimum atomic E-state index is -1.05. The minimum Gasteiger partial charge on any atom is -0.595 e. The summed E-state index contributed by atoms with van der Waals surface area (Å²) < 4.78 is 6.64. The molecule has 0 radical (unpaired) electrons. The van der Waals surface area contributed by atoms with Crippen LogP contribution in [0.3, 0.4) is 0 Å². The van der Waals surface area contributed by atoms with Crippen LogP contribution < -0.4 is 10.9 Å². The Balaban J connectivity index is 1.95. The summed E-state index contributed by atoms with van der Waals surface area (Å²) >= 11 is 0. The fraction of sp³-hybridized carbons (Fsp3) is 0. The van der Waals surface area contributed by atoms with Gasteiger partial charge in [-0.3, -0.25) is 0 Å². The number of hydrogen-bond acceptors (Lipinski definition) is 6. The molecule has 8 heteroatoms. The third-order valence-corrected chi connectivity index (χ3v) is 3.54. The van der Waals surface area contributed by atoms with E-state index in [4.69, 9.17) is 9.62 Å². The van der Waals surface area contributed by atoms with E-state index in [0.717, 1.165) is 5.39 Å². The third-order valence-electron chi connectivity index (χ3n) is 3.54. The van der Waals surface area contributed by atoms with Gasteiger partial charge in [0.15, 0.2) is 11.4 Å². The first-order chi connectivity index (χ1) is 11.1. The highest BCUT2D eigenvalue weighted by molar-refractivity contribution is 5.81. The highest BCUT2D eigenvalue weighted by Crippen LogP contribution is 2.19. The van der Waals surface area contributed by atoms with E-state index < -0.39 is 10.9 Å². The molecule has 2 N–H and O–H groups in total. The molecule has 4 rings (SSSR count). The molecule has 0 aliphatic rings. The molecule has 2 heterocycles. The number of hydrogen-bond donors (Lipinski definition) is 2. The summed E-state index contributed by atoms with van der Waals surface area (Å²) in [5.41, 5.74) is 1.18. The van der Waals surface area contributed by atoms with Crippen LogP contribution in [0.5, 0.6) is 0 Å². The van der Waals surface area contributed by atoms with Gasteiger partial charge < -0.3 is 9.62 Å². The first kappa shape index (κ1) is 13.6. The van der Waals surface area contributed by atoms with Gasteiger partial charge in [-0.2, -0.15) is 5.23 Å². The van der Waals surface area contributed by atoms with Gasteiger partial charge in [0, 0.05) is 17.5 Å². The fourth-order valence-electron chi connectivity index (χ4n) is 2.43. The summed E-state index contributed by atoms with van der Waals surface area (Å²) in [6.07, 6.45) is 0. The van der Waals surface area contributed by atoms with Crippen molar-refractivity contribution in [2.45, 2.75) is 0 Å². The molecule has 23 heavy (non-hydrogen) atoms. The number of para-hydroxylation sites is 1. The van der Waals surface area contributed by atoms with Crippen LogP contribution in [-0.2, 0) is 0 Å². The van der Waals surface area contributed by atoms with Gasteiger partial charge in [0.05, 0.1) is 5.52 Å². The van der Waals surface area contributed by atoms with Crippen LogP contribution in [0.25, 0.3) is 27.7 Å². The number of quaternary nitrogens is 1. The van der Waals surface area contributed by atoms with Gasteiger partial charge in [-0.25, -0.2) is 14.7 Å². The molecule has 4 aromatic rings. The Morgan fingerprint density at radius 3 is 2.83 bits per heavy atom. The lowest BCUT2D eigenvalue weighted by Gasteiger charge is -2.10. The summed E-state index contributed by atoms with van der Waals surface area (Å²) in [5, 5.41) is 27.6. The Morgan fingerprint density at radius 2 is 2.00 bits per heavy atom. The summed E-state index contributed by atoms with van der Waals surface area (Å²) in [4.78, 5) is 12.2.